The highest BCUT2D eigenvalue weighted by molar-refractivity contribution is 7.89. The number of nitrogens with zero attached hydrogens (tertiary/aromatic N) is 5. The van der Waals surface area contributed by atoms with Crippen LogP contribution in [0.4, 0.5) is 0 Å². The van der Waals surface area contributed by atoms with E-state index in [1.807, 2.05) is 13.0 Å². The van der Waals surface area contributed by atoms with Gasteiger partial charge in [-0.15, -0.1) is 0 Å². The van der Waals surface area contributed by atoms with Gasteiger partial charge in [0.1, 0.15) is 28.9 Å². The number of amides is 5. The van der Waals surface area contributed by atoms with Gasteiger partial charge in [-0.3, -0.25) is 48.9 Å². The summed E-state index contributed by atoms with van der Waals surface area (Å²) in [5.41, 5.74) is 1.98. The number of fused-ring (bicyclic) bond motifs is 2. The zero-order chi connectivity index (χ0) is 47.2. The number of piperazine rings is 1. The van der Waals surface area contributed by atoms with E-state index in [1.165, 1.54) is 18.2 Å². The second-order valence-corrected chi connectivity index (χ2v) is 20.2. The summed E-state index contributed by atoms with van der Waals surface area (Å²) < 4.78 is 48.1. The molecule has 3 aliphatic heterocycles. The Labute approximate surface area is 389 Å². The number of ether oxygens (including phenoxy) is 2. The van der Waals surface area contributed by atoms with Crippen LogP contribution in [0, 0.1) is 5.92 Å². The van der Waals surface area contributed by atoms with Gasteiger partial charge in [-0.05, 0) is 69.2 Å². The molecule has 1 aliphatic carbocycles. The van der Waals surface area contributed by atoms with Gasteiger partial charge in [0, 0.05) is 69.2 Å². The minimum Gasteiger partial charge on any atom is -0.491 e. The van der Waals surface area contributed by atoms with Crippen LogP contribution in [0.3, 0.4) is 0 Å². The van der Waals surface area contributed by atoms with Gasteiger partial charge >= 0.3 is 0 Å². The number of rotatable bonds is 22. The summed E-state index contributed by atoms with van der Waals surface area (Å²) in [5.74, 6) is -0.848. The number of pyridine rings is 2. The summed E-state index contributed by atoms with van der Waals surface area (Å²) in [4.78, 5) is 83.3. The van der Waals surface area contributed by atoms with E-state index in [0.29, 0.717) is 74.1 Å². The third kappa shape index (κ3) is 11.1. The molecule has 67 heavy (non-hydrogen) atoms. The Balaban J connectivity index is 0.699. The number of aryl methyl sites for hydroxylation is 1. The third-order valence-electron chi connectivity index (χ3n) is 13.1. The topological polar surface area (TPSA) is 220 Å². The number of benzene rings is 1. The molecule has 6 heterocycles. The summed E-state index contributed by atoms with van der Waals surface area (Å²) >= 11 is 0. The molecule has 2 N–H and O–H groups in total. The second kappa shape index (κ2) is 20.9. The highest BCUT2D eigenvalue weighted by Gasteiger charge is 2.46. The van der Waals surface area contributed by atoms with Crippen molar-refractivity contribution in [3.05, 3.63) is 76.2 Å². The maximum absolute atomic E-state index is 13.4. The Morgan fingerprint density at radius 1 is 0.896 bits per heavy atom. The molecule has 1 aromatic carbocycles. The number of carbonyl (C=O) groups excluding carboxylic acids is 5. The van der Waals surface area contributed by atoms with Gasteiger partial charge in [-0.25, -0.2) is 8.42 Å². The van der Waals surface area contributed by atoms with Crippen molar-refractivity contribution in [2.24, 2.45) is 13.0 Å². The van der Waals surface area contributed by atoms with Gasteiger partial charge in [-0.2, -0.15) is 4.31 Å². The number of furan rings is 1. The molecule has 4 aromatic rings. The van der Waals surface area contributed by atoms with Gasteiger partial charge in [0.15, 0.2) is 6.61 Å². The molecule has 3 fully saturated rings. The van der Waals surface area contributed by atoms with Crippen LogP contribution in [-0.4, -0.2) is 119 Å². The lowest BCUT2D eigenvalue weighted by Crippen LogP contribution is -2.54. The van der Waals surface area contributed by atoms with Crippen LogP contribution in [-0.2, 0) is 38.0 Å². The number of hydrogen-bond acceptors (Lipinski definition) is 13. The van der Waals surface area contributed by atoms with Crippen LogP contribution in [0.1, 0.15) is 110 Å². The minimum atomic E-state index is -3.42. The summed E-state index contributed by atoms with van der Waals surface area (Å²) in [6.45, 7) is 4.49. The van der Waals surface area contributed by atoms with Gasteiger partial charge in [0.2, 0.25) is 21.8 Å². The largest absolute Gasteiger partial charge is 0.491 e. The molecule has 0 spiro atoms. The highest BCUT2D eigenvalue weighted by Crippen LogP contribution is 2.37. The molecular weight excluding hydrogens is 883 g/mol. The van der Waals surface area contributed by atoms with Gasteiger partial charge < -0.3 is 23.8 Å². The highest BCUT2D eigenvalue weighted by atomic mass is 32.2. The molecule has 2 atom stereocenters. The van der Waals surface area contributed by atoms with Crippen molar-refractivity contribution < 1.29 is 46.3 Å². The van der Waals surface area contributed by atoms with Crippen LogP contribution >= 0.6 is 0 Å². The average molecular weight is 942 g/mol. The molecule has 5 amide bonds. The zero-order valence-electron chi connectivity index (χ0n) is 38.1. The molecule has 0 bridgehead atoms. The molecule has 2 saturated heterocycles. The van der Waals surface area contributed by atoms with Gasteiger partial charge in [0.25, 0.3) is 23.3 Å². The second-order valence-electron chi connectivity index (χ2n) is 18.1. The Kier molecular flexibility index (Phi) is 14.9. The number of hydrogen-bond donors (Lipinski definition) is 2. The Bertz CT molecular complexity index is 2690. The van der Waals surface area contributed by atoms with Crippen LogP contribution in [0.5, 0.6) is 11.5 Å². The van der Waals surface area contributed by atoms with Crippen molar-refractivity contribution in [1.29, 1.82) is 0 Å². The summed E-state index contributed by atoms with van der Waals surface area (Å²) in [7, 11) is -1.69. The van der Waals surface area contributed by atoms with Crippen LogP contribution < -0.4 is 25.7 Å². The number of sulfonamides is 1. The van der Waals surface area contributed by atoms with Crippen molar-refractivity contribution >= 4 is 50.5 Å². The predicted octanol–water partition coefficient (Wildman–Crippen LogP) is 4.54. The average Bonchev–Trinajstić information content (AvgIpc) is 3.99. The number of imide groups is 2. The fourth-order valence-electron chi connectivity index (χ4n) is 9.06. The van der Waals surface area contributed by atoms with Crippen LogP contribution in [0.2, 0.25) is 0 Å². The van der Waals surface area contributed by atoms with Gasteiger partial charge in [0.05, 0.1) is 41.6 Å². The third-order valence-corrected chi connectivity index (χ3v) is 15.0. The molecule has 4 aliphatic rings. The minimum absolute atomic E-state index is 0.00958. The SMILES string of the molecule is C[C@@H]1CN(S(=O)(=O)CCCCCCCCCCNC(=O)COc2cccc3c2C(=O)N(C2CCC(=O)NC2=O)C3=O)CCN1Cc1cc2c(=O)n(C)cc(-c3ccncc3OCC3CC3)c2o1. The van der Waals surface area contributed by atoms with E-state index in [0.717, 1.165) is 73.8 Å². The van der Waals surface area contributed by atoms with Crippen molar-refractivity contribution in [3.8, 4) is 22.6 Å². The van der Waals surface area contributed by atoms with Crippen molar-refractivity contribution in [2.45, 2.75) is 103 Å². The maximum Gasteiger partial charge on any atom is 0.266 e. The van der Waals surface area contributed by atoms with E-state index < -0.39 is 39.7 Å². The molecule has 19 heteroatoms. The van der Waals surface area contributed by atoms with Crippen molar-refractivity contribution in [1.82, 2.24) is 34.3 Å². The van der Waals surface area contributed by atoms with Gasteiger partial charge in [-0.1, -0.05) is 44.6 Å². The molecule has 358 valence electrons. The summed E-state index contributed by atoms with van der Waals surface area (Å²) in [5, 5.41) is 5.47. The molecule has 18 nitrogen and oxygen atoms in total. The van der Waals surface area contributed by atoms with E-state index in [9.17, 15) is 37.2 Å². The number of carbonyl (C=O) groups is 5. The first-order chi connectivity index (χ1) is 32.3. The molecule has 8 rings (SSSR count). The van der Waals surface area contributed by atoms with Crippen molar-refractivity contribution in [2.75, 3.05) is 45.1 Å². The first-order valence-electron chi connectivity index (χ1n) is 23.4. The van der Waals surface area contributed by atoms with E-state index in [2.05, 4.69) is 20.5 Å². The normalized spacial score (nSPS) is 19.2. The zero-order valence-corrected chi connectivity index (χ0v) is 38.9. The Hall–Kier alpha value is -5.92. The van der Waals surface area contributed by atoms with Crippen LogP contribution in [0.25, 0.3) is 22.1 Å². The standard InChI is InChI=1S/C48H59N7O11S/c1-31-26-54(22-21-53(31)27-33-24-36-44(66-33)37(28-52(2)46(36)59)34-18-20-49-25-40(34)64-29-32-14-15-32)67(62,63)23-10-8-6-4-3-5-7-9-19-50-42(57)30-65-39-13-11-12-35-43(39)48(61)55(47(35)60)38-16-17-41(56)51-45(38)58/h11-13,18,20,24-25,28,31-32,38H,3-10,14-17,19,21-23,26-27,29-30H2,1-2H3,(H,50,57)(H,51,56,58)/t31-,38?/m1/s1. The first kappa shape index (κ1) is 47.6. The molecule has 1 saturated carbocycles. The lowest BCUT2D eigenvalue weighted by molar-refractivity contribution is -0.136. The lowest BCUT2D eigenvalue weighted by Gasteiger charge is -2.38. The number of unbranched alkanes of at least 4 members (excludes halogenated alkanes) is 7. The molecule has 0 radical (unpaired) electrons. The smallest absolute Gasteiger partial charge is 0.266 e. The Morgan fingerprint density at radius 3 is 2.40 bits per heavy atom. The van der Waals surface area contributed by atoms with E-state index in [1.54, 1.807) is 40.6 Å². The molecule has 3 aromatic heterocycles. The number of aromatic nitrogens is 2. The fourth-order valence-corrected chi connectivity index (χ4v) is 10.7. The van der Waals surface area contributed by atoms with Crippen LogP contribution in [0.15, 0.2) is 58.1 Å². The number of piperidine rings is 1. The van der Waals surface area contributed by atoms with Crippen molar-refractivity contribution in [3.63, 3.8) is 0 Å². The summed E-state index contributed by atoms with van der Waals surface area (Å²) in [6.07, 6.45) is 14.6. The lowest BCUT2D eigenvalue weighted by atomic mass is 10.0. The molecular formula is C48H59N7O11S. The molecule has 1 unspecified atom stereocenters. The summed E-state index contributed by atoms with van der Waals surface area (Å²) in [6, 6.07) is 7.02. The number of nitrogens with one attached hydrogen (secondary N) is 2. The first-order valence-corrected chi connectivity index (χ1v) is 25.0. The van der Waals surface area contributed by atoms with E-state index >= 15 is 0 Å². The van der Waals surface area contributed by atoms with E-state index in [-0.39, 0.29) is 59.6 Å². The fraction of sp³-hybridized carbons (Fsp3) is 0.521. The quantitative estimate of drug-likeness (QED) is 0.0818. The Morgan fingerprint density at radius 2 is 1.66 bits per heavy atom. The van der Waals surface area contributed by atoms with E-state index in [4.69, 9.17) is 13.9 Å². The predicted molar refractivity (Wildman–Crippen MR) is 247 cm³/mol. The monoisotopic (exact) mass is 941 g/mol. The maximum atomic E-state index is 13.4.